The molecule has 1 fully saturated rings. The highest BCUT2D eigenvalue weighted by Gasteiger charge is 2.35. The number of halogens is 3. The molecule has 116 valence electrons. The molecule has 0 heterocycles. The van der Waals surface area contributed by atoms with Gasteiger partial charge in [0.1, 0.15) is 13.1 Å². The molecule has 5 nitrogen and oxygen atoms in total. The molecule has 2 N–H and O–H groups in total. The van der Waals surface area contributed by atoms with Gasteiger partial charge in [-0.05, 0) is 18.8 Å². The molecular formula is C12H19F3N2O3. The van der Waals surface area contributed by atoms with Crippen molar-refractivity contribution < 1.29 is 27.9 Å². The fraction of sp³-hybridized carbons (Fsp3) is 0.833. The van der Waals surface area contributed by atoms with Gasteiger partial charge in [-0.1, -0.05) is 19.8 Å². The maximum Gasteiger partial charge on any atom is 0.406 e. The summed E-state index contributed by atoms with van der Waals surface area (Å²) in [5.41, 5.74) is 0. The summed E-state index contributed by atoms with van der Waals surface area (Å²) in [5.74, 6) is -1.29. The summed E-state index contributed by atoms with van der Waals surface area (Å²) in [4.78, 5) is 22.7. The van der Waals surface area contributed by atoms with Crippen LogP contribution in [-0.4, -0.2) is 47.3 Å². The summed E-state index contributed by atoms with van der Waals surface area (Å²) in [6.45, 7) is -0.603. The number of carbonyl (C=O) groups is 2. The first-order chi connectivity index (χ1) is 9.19. The Bertz CT molecular complexity index is 360. The number of alkyl halides is 3. The molecule has 2 unspecified atom stereocenters. The van der Waals surface area contributed by atoms with Crippen LogP contribution >= 0.6 is 0 Å². The molecule has 1 saturated carbocycles. The summed E-state index contributed by atoms with van der Waals surface area (Å²) >= 11 is 0. The van der Waals surface area contributed by atoms with E-state index in [4.69, 9.17) is 5.11 Å². The van der Waals surface area contributed by atoms with Crippen LogP contribution in [0, 0.1) is 5.92 Å². The summed E-state index contributed by atoms with van der Waals surface area (Å²) in [6, 6.07) is -1.16. The third-order valence-corrected chi connectivity index (χ3v) is 3.40. The Labute approximate surface area is 115 Å². The van der Waals surface area contributed by atoms with Crippen LogP contribution in [0.2, 0.25) is 0 Å². The zero-order valence-corrected chi connectivity index (χ0v) is 11.2. The third-order valence-electron chi connectivity index (χ3n) is 3.40. The van der Waals surface area contributed by atoms with Gasteiger partial charge in [-0.25, -0.2) is 4.79 Å². The molecule has 2 amide bonds. The molecule has 8 heteroatoms. The topological polar surface area (TPSA) is 69.6 Å². The maximum atomic E-state index is 12.4. The van der Waals surface area contributed by atoms with Crippen LogP contribution in [0.5, 0.6) is 0 Å². The predicted molar refractivity (Wildman–Crippen MR) is 65.2 cm³/mol. The molecule has 0 saturated heterocycles. The van der Waals surface area contributed by atoms with Crippen molar-refractivity contribution in [2.24, 2.45) is 5.92 Å². The molecular weight excluding hydrogens is 277 g/mol. The normalized spacial score (nSPS) is 23.2. The number of nitrogens with zero attached hydrogens (tertiary/aromatic N) is 1. The van der Waals surface area contributed by atoms with Gasteiger partial charge in [0.25, 0.3) is 0 Å². The molecule has 2 atom stereocenters. The Morgan fingerprint density at radius 1 is 1.30 bits per heavy atom. The molecule has 0 aromatic carbocycles. The van der Waals surface area contributed by atoms with E-state index in [-0.39, 0.29) is 16.9 Å². The second-order valence-corrected chi connectivity index (χ2v) is 5.18. The predicted octanol–water partition coefficient (Wildman–Crippen LogP) is 2.22. The third kappa shape index (κ3) is 5.66. The van der Waals surface area contributed by atoms with Crippen molar-refractivity contribution in [2.45, 2.75) is 44.8 Å². The van der Waals surface area contributed by atoms with Gasteiger partial charge in [-0.15, -0.1) is 0 Å². The summed E-state index contributed by atoms with van der Waals surface area (Å²) in [5, 5.41) is 11.1. The van der Waals surface area contributed by atoms with Gasteiger partial charge in [0.05, 0.1) is 0 Å². The van der Waals surface area contributed by atoms with E-state index >= 15 is 0 Å². The molecule has 0 aromatic heterocycles. The quantitative estimate of drug-likeness (QED) is 0.835. The molecule has 1 aliphatic rings. The monoisotopic (exact) mass is 296 g/mol. The van der Waals surface area contributed by atoms with Crippen molar-refractivity contribution in [1.29, 1.82) is 0 Å². The zero-order valence-electron chi connectivity index (χ0n) is 11.2. The first-order valence-electron chi connectivity index (χ1n) is 6.53. The molecule has 0 aliphatic heterocycles. The lowest BCUT2D eigenvalue weighted by molar-refractivity contribution is -0.149. The lowest BCUT2D eigenvalue weighted by Crippen LogP contribution is -2.51. The number of carboxylic acid groups (broad SMARTS) is 1. The van der Waals surface area contributed by atoms with Gasteiger partial charge in [-0.2, -0.15) is 13.2 Å². The van der Waals surface area contributed by atoms with Crippen molar-refractivity contribution in [1.82, 2.24) is 10.2 Å². The molecule has 0 bridgehead atoms. The van der Waals surface area contributed by atoms with Crippen molar-refractivity contribution in [2.75, 3.05) is 13.1 Å². The summed E-state index contributed by atoms with van der Waals surface area (Å²) in [6.07, 6.45) is -1.06. The smallest absolute Gasteiger partial charge is 0.406 e. The second-order valence-electron chi connectivity index (χ2n) is 5.18. The van der Waals surface area contributed by atoms with Crippen LogP contribution in [0.1, 0.15) is 32.6 Å². The number of urea groups is 1. The SMILES string of the molecule is CC1CCCCC1NC(=O)N(CC(=O)O)CC(F)(F)F. The van der Waals surface area contributed by atoms with E-state index in [0.29, 0.717) is 6.42 Å². The Kier molecular flexibility index (Phi) is 5.64. The lowest BCUT2D eigenvalue weighted by Gasteiger charge is -2.32. The van der Waals surface area contributed by atoms with E-state index in [9.17, 15) is 22.8 Å². The Hall–Kier alpha value is -1.47. The number of hydrogen-bond donors (Lipinski definition) is 2. The number of carbonyl (C=O) groups excluding carboxylic acids is 1. The van der Waals surface area contributed by atoms with Crippen LogP contribution in [0.25, 0.3) is 0 Å². The number of amides is 2. The summed E-state index contributed by atoms with van der Waals surface area (Å²) < 4.78 is 37.1. The maximum absolute atomic E-state index is 12.4. The average molecular weight is 296 g/mol. The van der Waals surface area contributed by atoms with Crippen molar-refractivity contribution in [3.8, 4) is 0 Å². The van der Waals surface area contributed by atoms with Crippen molar-refractivity contribution >= 4 is 12.0 Å². The largest absolute Gasteiger partial charge is 0.480 e. The Morgan fingerprint density at radius 3 is 2.40 bits per heavy atom. The highest BCUT2D eigenvalue weighted by molar-refractivity contribution is 5.80. The highest BCUT2D eigenvalue weighted by Crippen LogP contribution is 2.24. The molecule has 20 heavy (non-hydrogen) atoms. The number of hydrogen-bond acceptors (Lipinski definition) is 2. The van der Waals surface area contributed by atoms with E-state index < -0.39 is 31.3 Å². The standard InChI is InChI=1S/C12H19F3N2O3/c1-8-4-2-3-5-9(8)16-11(20)17(6-10(18)19)7-12(13,14)15/h8-9H,2-7H2,1H3,(H,16,20)(H,18,19). The molecule has 0 radical (unpaired) electrons. The van der Waals surface area contributed by atoms with Gasteiger partial charge >= 0.3 is 18.2 Å². The summed E-state index contributed by atoms with van der Waals surface area (Å²) in [7, 11) is 0. The molecule has 0 aromatic rings. The van der Waals surface area contributed by atoms with Crippen molar-refractivity contribution in [3.63, 3.8) is 0 Å². The van der Waals surface area contributed by atoms with E-state index in [0.717, 1.165) is 19.3 Å². The van der Waals surface area contributed by atoms with Gasteiger partial charge in [-0.3, -0.25) is 4.79 Å². The number of rotatable bonds is 4. The van der Waals surface area contributed by atoms with Crippen molar-refractivity contribution in [3.05, 3.63) is 0 Å². The van der Waals surface area contributed by atoms with Crippen LogP contribution in [-0.2, 0) is 4.79 Å². The van der Waals surface area contributed by atoms with E-state index in [2.05, 4.69) is 5.32 Å². The first-order valence-corrected chi connectivity index (χ1v) is 6.53. The minimum atomic E-state index is -4.62. The molecule has 1 rings (SSSR count). The fourth-order valence-electron chi connectivity index (χ4n) is 2.36. The van der Waals surface area contributed by atoms with Crippen LogP contribution in [0.3, 0.4) is 0 Å². The lowest BCUT2D eigenvalue weighted by atomic mass is 9.86. The molecule has 0 spiro atoms. The van der Waals surface area contributed by atoms with Gasteiger partial charge in [0.15, 0.2) is 0 Å². The van der Waals surface area contributed by atoms with E-state index in [1.807, 2.05) is 6.92 Å². The minimum Gasteiger partial charge on any atom is -0.480 e. The van der Waals surface area contributed by atoms with Crippen LogP contribution in [0.4, 0.5) is 18.0 Å². The van der Waals surface area contributed by atoms with Crippen LogP contribution in [0.15, 0.2) is 0 Å². The Balaban J connectivity index is 2.64. The van der Waals surface area contributed by atoms with Gasteiger partial charge in [0.2, 0.25) is 0 Å². The first kappa shape index (κ1) is 16.6. The number of aliphatic carboxylic acids is 1. The average Bonchev–Trinajstić information content (AvgIpc) is 2.28. The molecule has 1 aliphatic carbocycles. The van der Waals surface area contributed by atoms with E-state index in [1.54, 1.807) is 0 Å². The van der Waals surface area contributed by atoms with Gasteiger partial charge in [0, 0.05) is 6.04 Å². The number of carboxylic acids is 1. The van der Waals surface area contributed by atoms with Crippen LogP contribution < -0.4 is 5.32 Å². The highest BCUT2D eigenvalue weighted by atomic mass is 19.4. The zero-order chi connectivity index (χ0) is 15.3. The fourth-order valence-corrected chi connectivity index (χ4v) is 2.36. The van der Waals surface area contributed by atoms with E-state index in [1.165, 1.54) is 0 Å². The number of nitrogens with one attached hydrogen (secondary N) is 1. The van der Waals surface area contributed by atoms with Gasteiger partial charge < -0.3 is 15.3 Å². The minimum absolute atomic E-state index is 0.185. The Morgan fingerprint density at radius 2 is 1.90 bits per heavy atom. The second kappa shape index (κ2) is 6.81.